The molecule has 2 rings (SSSR count). The van der Waals surface area contributed by atoms with Crippen LogP contribution in [0.3, 0.4) is 0 Å². The van der Waals surface area contributed by atoms with Crippen molar-refractivity contribution in [3.8, 4) is 0 Å². The molecule has 2 N–H and O–H groups in total. The first-order chi connectivity index (χ1) is 14.5. The zero-order valence-electron chi connectivity index (χ0n) is 15.9. The molecular weight excluding hydrogens is 444 g/mol. The Morgan fingerprint density at radius 1 is 0.935 bits per heavy atom. The average Bonchev–Trinajstić information content (AvgIpc) is 2.69. The van der Waals surface area contributed by atoms with Crippen LogP contribution in [-0.4, -0.2) is 24.4 Å². The maximum atomic E-state index is 12.8. The minimum Gasteiger partial charge on any atom is -0.456 e. The Kier molecular flexibility index (Phi) is 8.38. The maximum absolute atomic E-state index is 12.8. The van der Waals surface area contributed by atoms with Gasteiger partial charge in [-0.3, -0.25) is 14.4 Å². The highest BCUT2D eigenvalue weighted by molar-refractivity contribution is 6.33. The second-order valence-electron chi connectivity index (χ2n) is 6.31. The molecule has 166 valence electrons. The zero-order valence-corrected chi connectivity index (χ0v) is 16.6. The number of anilines is 2. The van der Waals surface area contributed by atoms with Crippen molar-refractivity contribution in [3.05, 3.63) is 58.9 Å². The normalized spacial score (nSPS) is 11.0. The van der Waals surface area contributed by atoms with Gasteiger partial charge in [0.2, 0.25) is 5.91 Å². The lowest BCUT2D eigenvalue weighted by Crippen LogP contribution is -2.21. The third-order valence-corrected chi connectivity index (χ3v) is 4.17. The summed E-state index contributed by atoms with van der Waals surface area (Å²) in [6.45, 7) is -0.729. The summed E-state index contributed by atoms with van der Waals surface area (Å²) < 4.78 is 55.8. The van der Waals surface area contributed by atoms with Crippen molar-refractivity contribution in [3.63, 3.8) is 0 Å². The van der Waals surface area contributed by atoms with Gasteiger partial charge in [-0.05, 0) is 48.9 Å². The largest absolute Gasteiger partial charge is 0.456 e. The predicted molar refractivity (Wildman–Crippen MR) is 105 cm³/mol. The average molecular weight is 461 g/mol. The number of amides is 2. The molecule has 0 aliphatic carbocycles. The predicted octanol–water partition coefficient (Wildman–Crippen LogP) is 4.79. The van der Waals surface area contributed by atoms with Gasteiger partial charge in [-0.25, -0.2) is 4.39 Å². The lowest BCUT2D eigenvalue weighted by molar-refractivity contribution is -0.147. The summed E-state index contributed by atoms with van der Waals surface area (Å²) in [5.41, 5.74) is -0.864. The van der Waals surface area contributed by atoms with Crippen LogP contribution in [0.2, 0.25) is 5.02 Å². The molecule has 0 aromatic heterocycles. The highest BCUT2D eigenvalue weighted by Gasteiger charge is 2.31. The van der Waals surface area contributed by atoms with Crippen molar-refractivity contribution < 1.29 is 36.7 Å². The van der Waals surface area contributed by atoms with Crippen LogP contribution in [0.4, 0.5) is 28.9 Å². The van der Waals surface area contributed by atoms with Crippen LogP contribution < -0.4 is 10.6 Å². The summed E-state index contributed by atoms with van der Waals surface area (Å²) in [4.78, 5) is 35.3. The molecule has 0 unspecified atom stereocenters. The molecule has 0 aliphatic rings. The molecule has 11 heteroatoms. The summed E-state index contributed by atoms with van der Waals surface area (Å²) >= 11 is 5.77. The standard InChI is InChI=1S/C20H17ClF4N2O4/c21-15-9-4-12(20(23,24)25)10-16(15)27-18(29)11-31-19(30)3-1-2-17(28)26-14-7-5-13(22)6-8-14/h4-10H,1-3,11H2,(H,26,28)(H,27,29). The van der Waals surface area contributed by atoms with Crippen LogP contribution in [0.5, 0.6) is 0 Å². The van der Waals surface area contributed by atoms with E-state index in [1.54, 1.807) is 0 Å². The smallest absolute Gasteiger partial charge is 0.416 e. The molecule has 6 nitrogen and oxygen atoms in total. The second kappa shape index (κ2) is 10.8. The molecule has 2 aromatic rings. The minimum absolute atomic E-state index is 0.0154. The molecule has 0 atom stereocenters. The van der Waals surface area contributed by atoms with E-state index in [0.29, 0.717) is 11.8 Å². The molecule has 0 saturated carbocycles. The number of carbonyl (C=O) groups excluding carboxylic acids is 3. The fraction of sp³-hybridized carbons (Fsp3) is 0.250. The van der Waals surface area contributed by atoms with Gasteiger partial charge in [0.25, 0.3) is 5.91 Å². The number of esters is 1. The lowest BCUT2D eigenvalue weighted by Gasteiger charge is -2.12. The Bertz CT molecular complexity index is 949. The van der Waals surface area contributed by atoms with Gasteiger partial charge in [0, 0.05) is 18.5 Å². The molecule has 0 aliphatic heterocycles. The summed E-state index contributed by atoms with van der Waals surface area (Å²) in [5, 5.41) is 4.56. The molecule has 0 bridgehead atoms. The monoisotopic (exact) mass is 460 g/mol. The van der Waals surface area contributed by atoms with Gasteiger partial charge in [-0.15, -0.1) is 0 Å². The van der Waals surface area contributed by atoms with E-state index in [1.807, 2.05) is 0 Å². The van der Waals surface area contributed by atoms with Crippen molar-refractivity contribution in [2.75, 3.05) is 17.2 Å². The van der Waals surface area contributed by atoms with Crippen molar-refractivity contribution in [2.45, 2.75) is 25.4 Å². The highest BCUT2D eigenvalue weighted by Crippen LogP contribution is 2.33. The van der Waals surface area contributed by atoms with Gasteiger partial charge in [-0.1, -0.05) is 11.6 Å². The van der Waals surface area contributed by atoms with Gasteiger partial charge in [0.05, 0.1) is 16.3 Å². The Balaban J connectivity index is 1.72. The summed E-state index contributed by atoms with van der Waals surface area (Å²) in [5.74, 6) is -2.47. The van der Waals surface area contributed by atoms with E-state index in [0.717, 1.165) is 12.1 Å². The van der Waals surface area contributed by atoms with Crippen LogP contribution in [0.15, 0.2) is 42.5 Å². The van der Waals surface area contributed by atoms with Gasteiger partial charge in [0.15, 0.2) is 6.61 Å². The van der Waals surface area contributed by atoms with E-state index in [2.05, 4.69) is 10.6 Å². The van der Waals surface area contributed by atoms with E-state index >= 15 is 0 Å². The first kappa shape index (κ1) is 24.1. The summed E-state index contributed by atoms with van der Waals surface area (Å²) in [6.07, 6.45) is -4.65. The SMILES string of the molecule is O=C(CCCC(=O)OCC(=O)Nc1cc(C(F)(F)F)ccc1Cl)Nc1ccc(F)cc1. The lowest BCUT2D eigenvalue weighted by atomic mass is 10.2. The fourth-order valence-corrected chi connectivity index (χ4v) is 2.52. The van der Waals surface area contributed by atoms with Gasteiger partial charge in [-0.2, -0.15) is 13.2 Å². The van der Waals surface area contributed by atoms with E-state index in [1.165, 1.54) is 24.3 Å². The number of nitrogens with one attached hydrogen (secondary N) is 2. The van der Waals surface area contributed by atoms with Crippen LogP contribution in [0, 0.1) is 5.82 Å². The summed E-state index contributed by atoms with van der Waals surface area (Å²) in [7, 11) is 0. The quantitative estimate of drug-likeness (QED) is 0.438. The molecule has 31 heavy (non-hydrogen) atoms. The number of rotatable bonds is 8. The number of alkyl halides is 3. The zero-order chi connectivity index (χ0) is 23.0. The Morgan fingerprint density at radius 2 is 1.61 bits per heavy atom. The van der Waals surface area contributed by atoms with Crippen LogP contribution >= 0.6 is 11.6 Å². The fourth-order valence-electron chi connectivity index (χ4n) is 2.35. The first-order valence-corrected chi connectivity index (χ1v) is 9.30. The van der Waals surface area contributed by atoms with Crippen molar-refractivity contribution in [1.82, 2.24) is 0 Å². The number of benzene rings is 2. The Morgan fingerprint density at radius 3 is 2.26 bits per heavy atom. The molecular formula is C20H17ClF4N2O4. The van der Waals surface area contributed by atoms with Crippen molar-refractivity contribution >= 4 is 40.8 Å². The molecule has 0 spiro atoms. The highest BCUT2D eigenvalue weighted by atomic mass is 35.5. The topological polar surface area (TPSA) is 84.5 Å². The van der Waals surface area contributed by atoms with Crippen molar-refractivity contribution in [2.24, 2.45) is 0 Å². The molecule has 0 saturated heterocycles. The molecule has 2 amide bonds. The third kappa shape index (κ3) is 8.25. The number of halogens is 5. The summed E-state index contributed by atoms with van der Waals surface area (Å²) in [6, 6.07) is 7.57. The van der Waals surface area contributed by atoms with Gasteiger partial charge < -0.3 is 15.4 Å². The van der Waals surface area contributed by atoms with E-state index in [9.17, 15) is 31.9 Å². The molecule has 0 heterocycles. The molecule has 2 aromatic carbocycles. The van der Waals surface area contributed by atoms with E-state index < -0.39 is 41.9 Å². The first-order valence-electron chi connectivity index (χ1n) is 8.92. The number of hydrogen-bond acceptors (Lipinski definition) is 4. The molecule has 0 fully saturated rings. The Hall–Kier alpha value is -3.14. The van der Waals surface area contributed by atoms with E-state index in [4.69, 9.17) is 16.3 Å². The van der Waals surface area contributed by atoms with Gasteiger partial charge in [0.1, 0.15) is 5.82 Å². The minimum atomic E-state index is -4.61. The van der Waals surface area contributed by atoms with Crippen molar-refractivity contribution in [1.29, 1.82) is 0 Å². The van der Waals surface area contributed by atoms with Crippen LogP contribution in [0.1, 0.15) is 24.8 Å². The second-order valence-corrected chi connectivity index (χ2v) is 6.72. The Labute approximate surface area is 179 Å². The van der Waals surface area contributed by atoms with E-state index in [-0.39, 0.29) is 30.0 Å². The number of ether oxygens (including phenoxy) is 1. The van der Waals surface area contributed by atoms with Gasteiger partial charge >= 0.3 is 12.1 Å². The number of carbonyl (C=O) groups is 3. The molecule has 0 radical (unpaired) electrons. The van der Waals surface area contributed by atoms with Crippen LogP contribution in [0.25, 0.3) is 0 Å². The third-order valence-electron chi connectivity index (χ3n) is 3.84. The maximum Gasteiger partial charge on any atom is 0.416 e. The number of hydrogen-bond donors (Lipinski definition) is 2. The van der Waals surface area contributed by atoms with Crippen LogP contribution in [-0.2, 0) is 25.3 Å².